The summed E-state index contributed by atoms with van der Waals surface area (Å²) in [5, 5.41) is 24.1. The molecule has 10 nitrogen and oxygen atoms in total. The van der Waals surface area contributed by atoms with E-state index in [1.807, 2.05) is 6.92 Å². The molecule has 4 aliphatic carbocycles. The molecule has 13 atom stereocenters. The van der Waals surface area contributed by atoms with E-state index in [4.69, 9.17) is 23.7 Å². The lowest BCUT2D eigenvalue weighted by Crippen LogP contribution is -2.71. The number of cyclic esters (lactones) is 1. The molecule has 7 rings (SSSR count). The molecule has 226 valence electrons. The summed E-state index contributed by atoms with van der Waals surface area (Å²) in [5.74, 6) is -2.66. The van der Waals surface area contributed by atoms with Crippen molar-refractivity contribution in [1.82, 2.24) is 0 Å². The summed E-state index contributed by atoms with van der Waals surface area (Å²) in [7, 11) is 0. The van der Waals surface area contributed by atoms with Crippen LogP contribution in [-0.2, 0) is 38.1 Å². The zero-order valence-corrected chi connectivity index (χ0v) is 24.1. The Bertz CT molecular complexity index is 1170. The number of rotatable bonds is 3. The molecule has 0 aromatic rings. The fourth-order valence-corrected chi connectivity index (χ4v) is 10.5. The van der Waals surface area contributed by atoms with Crippen molar-refractivity contribution in [3.8, 4) is 0 Å². The normalized spacial score (nSPS) is 53.9. The van der Waals surface area contributed by atoms with Crippen LogP contribution in [0.4, 0.5) is 0 Å². The SMILES string of the molecule is CC(=O)OC1CC(C)OC2O[C@H]3C[C@@]4(C=O)[C@@H](CC[C@@H]5[C@@H]4CC[C@]4(C)[C@@H](C6=CC(=O)OC6)CCC54O)C[C@@H]3OC12O. The van der Waals surface area contributed by atoms with Crippen molar-refractivity contribution in [2.45, 2.75) is 121 Å². The van der Waals surface area contributed by atoms with E-state index in [-0.39, 0.29) is 47.6 Å². The molecular formula is C31H42O10. The minimum absolute atomic E-state index is 0.00336. The van der Waals surface area contributed by atoms with Gasteiger partial charge in [-0.1, -0.05) is 6.92 Å². The number of aliphatic hydroxyl groups is 2. The maximum Gasteiger partial charge on any atom is 0.331 e. The van der Waals surface area contributed by atoms with Gasteiger partial charge in [0.05, 0.1) is 23.9 Å². The second-order valence-electron chi connectivity index (χ2n) is 14.2. The fourth-order valence-electron chi connectivity index (χ4n) is 10.5. The van der Waals surface area contributed by atoms with Crippen LogP contribution in [0.25, 0.3) is 0 Å². The van der Waals surface area contributed by atoms with E-state index in [2.05, 4.69) is 6.92 Å². The van der Waals surface area contributed by atoms with Gasteiger partial charge < -0.3 is 38.7 Å². The van der Waals surface area contributed by atoms with E-state index in [0.717, 1.165) is 44.0 Å². The summed E-state index contributed by atoms with van der Waals surface area (Å²) in [6, 6.07) is 0. The van der Waals surface area contributed by atoms with Gasteiger partial charge in [-0.2, -0.15) is 0 Å². The summed E-state index contributed by atoms with van der Waals surface area (Å²) in [6.07, 6.45) is 5.26. The van der Waals surface area contributed by atoms with Crippen molar-refractivity contribution in [2.24, 2.45) is 34.5 Å². The van der Waals surface area contributed by atoms with Gasteiger partial charge in [0.15, 0.2) is 6.10 Å². The van der Waals surface area contributed by atoms with Crippen molar-refractivity contribution in [3.63, 3.8) is 0 Å². The molecule has 0 amide bonds. The van der Waals surface area contributed by atoms with Crippen molar-refractivity contribution in [1.29, 1.82) is 0 Å². The highest BCUT2D eigenvalue weighted by Gasteiger charge is 2.70. The molecule has 4 saturated carbocycles. The molecule has 6 fully saturated rings. The third kappa shape index (κ3) is 3.83. The van der Waals surface area contributed by atoms with Gasteiger partial charge in [-0.15, -0.1) is 0 Å². The number of ether oxygens (including phenoxy) is 5. The van der Waals surface area contributed by atoms with Crippen molar-refractivity contribution < 1.29 is 48.3 Å². The number of fused-ring (bicyclic) bond motifs is 7. The van der Waals surface area contributed by atoms with E-state index < -0.39 is 47.4 Å². The average molecular weight is 575 g/mol. The van der Waals surface area contributed by atoms with Gasteiger partial charge in [0.1, 0.15) is 12.9 Å². The van der Waals surface area contributed by atoms with Crippen LogP contribution in [0.3, 0.4) is 0 Å². The van der Waals surface area contributed by atoms with Gasteiger partial charge in [-0.05, 0) is 87.5 Å². The van der Waals surface area contributed by atoms with E-state index in [9.17, 15) is 24.6 Å². The predicted octanol–water partition coefficient (Wildman–Crippen LogP) is 2.57. The Kier molecular flexibility index (Phi) is 6.36. The van der Waals surface area contributed by atoms with Crippen LogP contribution in [0.2, 0.25) is 0 Å². The number of hydrogen-bond donors (Lipinski definition) is 2. The number of carbonyl (C=O) groups is 3. The van der Waals surface area contributed by atoms with E-state index >= 15 is 0 Å². The van der Waals surface area contributed by atoms with E-state index in [1.165, 1.54) is 6.92 Å². The molecule has 0 bridgehead atoms. The summed E-state index contributed by atoms with van der Waals surface area (Å²) in [6.45, 7) is 5.60. The molecule has 7 aliphatic rings. The lowest BCUT2D eigenvalue weighted by atomic mass is 9.42. The van der Waals surface area contributed by atoms with Crippen LogP contribution in [0.15, 0.2) is 11.6 Å². The van der Waals surface area contributed by atoms with Crippen molar-refractivity contribution in [3.05, 3.63) is 11.6 Å². The first-order chi connectivity index (χ1) is 19.4. The van der Waals surface area contributed by atoms with Crippen LogP contribution in [0.5, 0.6) is 0 Å². The number of carbonyl (C=O) groups excluding carboxylic acids is 3. The quantitative estimate of drug-likeness (QED) is 0.294. The van der Waals surface area contributed by atoms with Gasteiger partial charge in [-0.25, -0.2) is 4.79 Å². The second kappa shape index (κ2) is 9.32. The molecule has 3 aliphatic heterocycles. The van der Waals surface area contributed by atoms with Crippen LogP contribution in [0.1, 0.15) is 78.6 Å². The van der Waals surface area contributed by atoms with Crippen molar-refractivity contribution in [2.75, 3.05) is 6.61 Å². The van der Waals surface area contributed by atoms with Gasteiger partial charge in [0.25, 0.3) is 5.79 Å². The topological polar surface area (TPSA) is 138 Å². The van der Waals surface area contributed by atoms with Crippen LogP contribution in [0, 0.1) is 34.5 Å². The van der Waals surface area contributed by atoms with Crippen molar-refractivity contribution >= 4 is 18.2 Å². The Morgan fingerprint density at radius 1 is 1.07 bits per heavy atom. The summed E-state index contributed by atoms with van der Waals surface area (Å²) in [4.78, 5) is 36.9. The Balaban J connectivity index is 1.16. The molecule has 10 heteroatoms. The van der Waals surface area contributed by atoms with Crippen LogP contribution >= 0.6 is 0 Å². The lowest BCUT2D eigenvalue weighted by Gasteiger charge is -2.64. The Morgan fingerprint density at radius 2 is 1.88 bits per heavy atom. The third-order valence-corrected chi connectivity index (χ3v) is 12.4. The molecule has 0 aromatic carbocycles. The smallest absolute Gasteiger partial charge is 0.331 e. The standard InChI is InChI=1S/C31H42O10/c1-16-10-25(39-17(2)33)31(36)27(38-16)40-24-13-29(15-32)19(12-23(24)41-31)4-5-22-21(29)6-8-28(3)20(7-9-30(22,28)35)18-11-26(34)37-14-18/h11,15-16,19-25,27,35-36H,4-10,12-14H2,1-3H3/t16?,19-,20+,21-,22+,23-,24-,25?,27?,28+,29+,30?,31?/m0/s1. The monoisotopic (exact) mass is 574 g/mol. The molecule has 0 aromatic heterocycles. The number of esters is 2. The molecule has 3 heterocycles. The maximum atomic E-state index is 13.2. The third-order valence-electron chi connectivity index (χ3n) is 12.4. The van der Waals surface area contributed by atoms with Gasteiger partial charge in [-0.3, -0.25) is 4.79 Å². The second-order valence-corrected chi connectivity index (χ2v) is 14.2. The minimum atomic E-state index is -1.92. The number of hydrogen-bond acceptors (Lipinski definition) is 10. The maximum absolute atomic E-state index is 13.2. The summed E-state index contributed by atoms with van der Waals surface area (Å²) >= 11 is 0. The van der Waals surface area contributed by atoms with Crippen LogP contribution in [-0.4, -0.2) is 77.1 Å². The highest BCUT2D eigenvalue weighted by molar-refractivity contribution is 5.85. The molecule has 2 N–H and O–H groups in total. The Labute approximate surface area is 240 Å². The first-order valence-electron chi connectivity index (χ1n) is 15.4. The van der Waals surface area contributed by atoms with E-state index in [1.54, 1.807) is 6.08 Å². The first-order valence-corrected chi connectivity index (χ1v) is 15.4. The summed E-state index contributed by atoms with van der Waals surface area (Å²) in [5.41, 5.74) is -1.02. The average Bonchev–Trinajstić information content (AvgIpc) is 3.46. The summed E-state index contributed by atoms with van der Waals surface area (Å²) < 4.78 is 29.4. The van der Waals surface area contributed by atoms with Crippen LogP contribution < -0.4 is 0 Å². The fraction of sp³-hybridized carbons (Fsp3) is 0.839. The van der Waals surface area contributed by atoms with Gasteiger partial charge >= 0.3 is 11.9 Å². The van der Waals surface area contributed by atoms with Gasteiger partial charge in [0.2, 0.25) is 6.29 Å². The first kappa shape index (κ1) is 28.0. The molecular weight excluding hydrogens is 532 g/mol. The highest BCUT2D eigenvalue weighted by atomic mass is 16.8. The van der Waals surface area contributed by atoms with E-state index in [0.29, 0.717) is 25.9 Å². The zero-order valence-electron chi connectivity index (χ0n) is 24.1. The highest BCUT2D eigenvalue weighted by Crippen LogP contribution is 2.70. The molecule has 5 unspecified atom stereocenters. The number of aldehydes is 1. The lowest BCUT2D eigenvalue weighted by molar-refractivity contribution is -0.457. The molecule has 41 heavy (non-hydrogen) atoms. The largest absolute Gasteiger partial charge is 0.458 e. The zero-order chi connectivity index (χ0) is 28.9. The minimum Gasteiger partial charge on any atom is -0.458 e. The molecule has 2 saturated heterocycles. The Morgan fingerprint density at radius 3 is 2.59 bits per heavy atom. The Hall–Kier alpha value is -1.85. The molecule has 0 spiro atoms. The predicted molar refractivity (Wildman–Crippen MR) is 141 cm³/mol. The molecule has 0 radical (unpaired) electrons. The van der Waals surface area contributed by atoms with Gasteiger partial charge in [0, 0.05) is 30.3 Å².